The molecule has 0 spiro atoms. The van der Waals surface area contributed by atoms with E-state index < -0.39 is 5.54 Å². The van der Waals surface area contributed by atoms with Crippen LogP contribution in [0.15, 0.2) is 0 Å². The van der Waals surface area contributed by atoms with Crippen molar-refractivity contribution in [2.24, 2.45) is 11.7 Å². The molecule has 1 aliphatic carbocycles. The van der Waals surface area contributed by atoms with Crippen molar-refractivity contribution in [3.05, 3.63) is 0 Å². The zero-order valence-corrected chi connectivity index (χ0v) is 11.9. The van der Waals surface area contributed by atoms with Crippen LogP contribution in [0.3, 0.4) is 0 Å². The Labute approximate surface area is 110 Å². The molecule has 1 heterocycles. The summed E-state index contributed by atoms with van der Waals surface area (Å²) in [5, 5.41) is 3.17. The average molecular weight is 253 g/mol. The molecule has 18 heavy (non-hydrogen) atoms. The highest BCUT2D eigenvalue weighted by atomic mass is 16.1. The van der Waals surface area contributed by atoms with Crippen molar-refractivity contribution < 1.29 is 4.79 Å². The second-order valence-corrected chi connectivity index (χ2v) is 6.32. The molecule has 0 aromatic rings. The summed E-state index contributed by atoms with van der Waals surface area (Å²) in [5.41, 5.74) is 5.11. The van der Waals surface area contributed by atoms with Crippen LogP contribution in [0, 0.1) is 5.92 Å². The number of piperidine rings is 1. The molecule has 4 heteroatoms. The van der Waals surface area contributed by atoms with Crippen molar-refractivity contribution in [1.82, 2.24) is 10.2 Å². The van der Waals surface area contributed by atoms with E-state index in [0.717, 1.165) is 25.2 Å². The fourth-order valence-electron chi connectivity index (χ4n) is 3.71. The third-order valence-corrected chi connectivity index (χ3v) is 5.07. The van der Waals surface area contributed by atoms with Gasteiger partial charge >= 0.3 is 0 Å². The van der Waals surface area contributed by atoms with Gasteiger partial charge in [-0.05, 0) is 52.0 Å². The lowest BCUT2D eigenvalue weighted by Crippen LogP contribution is -2.54. The standard InChI is InChI=1S/C14H27N3O/c1-10-4-5-11(2)17(9-10)12-6-7-14(8-12,16-3)13(15)18/h10-12,16H,4-9H2,1-3H3,(H2,15,18). The number of primary amides is 1. The number of amides is 1. The van der Waals surface area contributed by atoms with Crippen LogP contribution in [0.5, 0.6) is 0 Å². The molecule has 1 aliphatic heterocycles. The largest absolute Gasteiger partial charge is 0.368 e. The van der Waals surface area contributed by atoms with Crippen LogP contribution in [0.25, 0.3) is 0 Å². The van der Waals surface area contributed by atoms with Crippen molar-refractivity contribution >= 4 is 5.91 Å². The molecule has 4 nitrogen and oxygen atoms in total. The number of nitrogens with two attached hydrogens (primary N) is 1. The molecule has 104 valence electrons. The Morgan fingerprint density at radius 3 is 2.61 bits per heavy atom. The Hall–Kier alpha value is -0.610. The minimum atomic E-state index is -0.467. The molecule has 3 N–H and O–H groups in total. The van der Waals surface area contributed by atoms with Crippen molar-refractivity contribution in [2.45, 2.75) is 63.6 Å². The van der Waals surface area contributed by atoms with Gasteiger partial charge in [-0.1, -0.05) is 6.92 Å². The van der Waals surface area contributed by atoms with E-state index in [-0.39, 0.29) is 5.91 Å². The molecule has 1 amide bonds. The van der Waals surface area contributed by atoms with Gasteiger partial charge in [0, 0.05) is 18.6 Å². The molecule has 1 saturated heterocycles. The van der Waals surface area contributed by atoms with Crippen LogP contribution in [-0.4, -0.2) is 42.0 Å². The van der Waals surface area contributed by atoms with Crippen molar-refractivity contribution in [3.8, 4) is 0 Å². The third-order valence-electron chi connectivity index (χ3n) is 5.07. The topological polar surface area (TPSA) is 58.4 Å². The molecule has 2 fully saturated rings. The lowest BCUT2D eigenvalue weighted by Gasteiger charge is -2.41. The predicted molar refractivity (Wildman–Crippen MR) is 73.2 cm³/mol. The Balaban J connectivity index is 2.05. The molecule has 1 saturated carbocycles. The number of nitrogens with one attached hydrogen (secondary N) is 1. The summed E-state index contributed by atoms with van der Waals surface area (Å²) in [7, 11) is 1.86. The molecule has 0 aromatic heterocycles. The van der Waals surface area contributed by atoms with Gasteiger partial charge in [0.15, 0.2) is 0 Å². The van der Waals surface area contributed by atoms with Crippen molar-refractivity contribution in [3.63, 3.8) is 0 Å². The highest BCUT2D eigenvalue weighted by Crippen LogP contribution is 2.36. The molecule has 4 atom stereocenters. The molecule has 2 aliphatic rings. The van der Waals surface area contributed by atoms with E-state index in [0.29, 0.717) is 12.1 Å². The van der Waals surface area contributed by atoms with Gasteiger partial charge in [-0.3, -0.25) is 9.69 Å². The quantitative estimate of drug-likeness (QED) is 0.792. The molecule has 2 rings (SSSR count). The first-order valence-corrected chi connectivity index (χ1v) is 7.23. The van der Waals surface area contributed by atoms with Gasteiger partial charge < -0.3 is 11.1 Å². The van der Waals surface area contributed by atoms with Gasteiger partial charge in [0.25, 0.3) is 0 Å². The maximum atomic E-state index is 11.7. The van der Waals surface area contributed by atoms with E-state index in [1.807, 2.05) is 7.05 Å². The van der Waals surface area contributed by atoms with E-state index >= 15 is 0 Å². The summed E-state index contributed by atoms with van der Waals surface area (Å²) in [4.78, 5) is 14.3. The van der Waals surface area contributed by atoms with Gasteiger partial charge in [-0.25, -0.2) is 0 Å². The van der Waals surface area contributed by atoms with E-state index in [1.165, 1.54) is 19.4 Å². The van der Waals surface area contributed by atoms with Gasteiger partial charge in [0.2, 0.25) is 5.91 Å². The highest BCUT2D eigenvalue weighted by Gasteiger charge is 2.45. The maximum absolute atomic E-state index is 11.7. The lowest BCUT2D eigenvalue weighted by atomic mass is 9.92. The van der Waals surface area contributed by atoms with Crippen LogP contribution in [0.1, 0.15) is 46.0 Å². The lowest BCUT2D eigenvalue weighted by molar-refractivity contribution is -0.124. The molecule has 0 radical (unpaired) electrons. The SMILES string of the molecule is CNC1(C(N)=O)CCC(N2CC(C)CCC2C)C1. The summed E-state index contributed by atoms with van der Waals surface area (Å²) in [6.45, 7) is 5.81. The number of hydrogen-bond donors (Lipinski definition) is 2. The van der Waals surface area contributed by atoms with Gasteiger partial charge in [0.1, 0.15) is 0 Å². The molecule has 0 bridgehead atoms. The number of hydrogen-bond acceptors (Lipinski definition) is 3. The van der Waals surface area contributed by atoms with E-state index in [1.54, 1.807) is 0 Å². The normalized spacial score (nSPS) is 42.1. The number of likely N-dealkylation sites (tertiary alicyclic amines) is 1. The Morgan fingerprint density at radius 1 is 1.33 bits per heavy atom. The Morgan fingerprint density at radius 2 is 2.06 bits per heavy atom. The summed E-state index contributed by atoms with van der Waals surface area (Å²) in [5.74, 6) is 0.588. The average Bonchev–Trinajstić information content (AvgIpc) is 2.78. The van der Waals surface area contributed by atoms with Crippen LogP contribution in [0.2, 0.25) is 0 Å². The molecular weight excluding hydrogens is 226 g/mol. The van der Waals surface area contributed by atoms with Crippen LogP contribution >= 0.6 is 0 Å². The minimum Gasteiger partial charge on any atom is -0.368 e. The van der Waals surface area contributed by atoms with Crippen LogP contribution in [0.4, 0.5) is 0 Å². The number of carbonyl (C=O) groups excluding carboxylic acids is 1. The zero-order valence-electron chi connectivity index (χ0n) is 11.9. The van der Waals surface area contributed by atoms with Gasteiger partial charge in [-0.2, -0.15) is 0 Å². The fraction of sp³-hybridized carbons (Fsp3) is 0.929. The van der Waals surface area contributed by atoms with E-state index in [4.69, 9.17) is 5.73 Å². The minimum absolute atomic E-state index is 0.190. The molecule has 4 unspecified atom stereocenters. The summed E-state index contributed by atoms with van der Waals surface area (Å²) in [6, 6.07) is 1.16. The summed E-state index contributed by atoms with van der Waals surface area (Å²) < 4.78 is 0. The van der Waals surface area contributed by atoms with Crippen molar-refractivity contribution in [1.29, 1.82) is 0 Å². The van der Waals surface area contributed by atoms with E-state index in [2.05, 4.69) is 24.1 Å². The highest BCUT2D eigenvalue weighted by molar-refractivity contribution is 5.85. The number of nitrogens with zero attached hydrogens (tertiary/aromatic N) is 1. The van der Waals surface area contributed by atoms with Crippen LogP contribution in [-0.2, 0) is 4.79 Å². The Kier molecular flexibility index (Phi) is 3.97. The van der Waals surface area contributed by atoms with Crippen LogP contribution < -0.4 is 11.1 Å². The molecular formula is C14H27N3O. The van der Waals surface area contributed by atoms with Crippen molar-refractivity contribution in [2.75, 3.05) is 13.6 Å². The van der Waals surface area contributed by atoms with Gasteiger partial charge in [-0.15, -0.1) is 0 Å². The number of likely N-dealkylation sites (N-methyl/N-ethyl adjacent to an activating group) is 1. The van der Waals surface area contributed by atoms with E-state index in [9.17, 15) is 4.79 Å². The number of rotatable bonds is 3. The first-order chi connectivity index (χ1) is 8.48. The first-order valence-electron chi connectivity index (χ1n) is 7.23. The van der Waals surface area contributed by atoms with Gasteiger partial charge in [0.05, 0.1) is 5.54 Å². The predicted octanol–water partition coefficient (Wildman–Crippen LogP) is 1.10. The summed E-state index contributed by atoms with van der Waals surface area (Å²) >= 11 is 0. The summed E-state index contributed by atoms with van der Waals surface area (Å²) in [6.07, 6.45) is 5.44. The molecule has 0 aromatic carbocycles. The zero-order chi connectivity index (χ0) is 13.3. The second-order valence-electron chi connectivity index (χ2n) is 6.32. The second kappa shape index (κ2) is 5.17. The third kappa shape index (κ3) is 2.41. The smallest absolute Gasteiger partial charge is 0.237 e. The Bertz CT molecular complexity index is 320. The number of carbonyl (C=O) groups is 1. The first kappa shape index (κ1) is 13.8. The monoisotopic (exact) mass is 253 g/mol. The fourth-order valence-corrected chi connectivity index (χ4v) is 3.71. The maximum Gasteiger partial charge on any atom is 0.237 e.